The molecule has 148 valence electrons. The number of hydrogen-bond donors (Lipinski definition) is 2. The van der Waals surface area contributed by atoms with E-state index >= 15 is 0 Å². The summed E-state index contributed by atoms with van der Waals surface area (Å²) in [5, 5.41) is 6.56. The fourth-order valence-electron chi connectivity index (χ4n) is 3.93. The van der Waals surface area contributed by atoms with E-state index in [1.165, 1.54) is 24.2 Å². The second-order valence-electron chi connectivity index (χ2n) is 7.42. The summed E-state index contributed by atoms with van der Waals surface area (Å²) in [4.78, 5) is 34.4. The fourth-order valence-corrected chi connectivity index (χ4v) is 4.98. The molecule has 1 saturated heterocycles. The highest BCUT2D eigenvalue weighted by atomic mass is 32.1. The Morgan fingerprint density at radius 2 is 1.96 bits per heavy atom. The van der Waals surface area contributed by atoms with E-state index < -0.39 is 0 Å². The minimum absolute atomic E-state index is 0.160. The summed E-state index contributed by atoms with van der Waals surface area (Å²) >= 11 is 1.52. The Labute approximate surface area is 163 Å². The molecule has 3 amide bonds. The van der Waals surface area contributed by atoms with Crippen LogP contribution >= 0.6 is 11.3 Å². The molecule has 0 bridgehead atoms. The first kappa shape index (κ1) is 18.6. The molecule has 8 nitrogen and oxygen atoms in total. The maximum absolute atomic E-state index is 12.4. The van der Waals surface area contributed by atoms with Crippen LogP contribution in [0.25, 0.3) is 0 Å². The Morgan fingerprint density at radius 3 is 2.74 bits per heavy atom. The van der Waals surface area contributed by atoms with Gasteiger partial charge in [-0.05, 0) is 12.8 Å². The number of hydrogen-bond acceptors (Lipinski definition) is 6. The van der Waals surface area contributed by atoms with Gasteiger partial charge in [-0.3, -0.25) is 15.0 Å². The number of rotatable bonds is 4. The molecule has 1 aliphatic carbocycles. The van der Waals surface area contributed by atoms with E-state index in [1.807, 2.05) is 4.90 Å². The third-order valence-corrected chi connectivity index (χ3v) is 6.44. The summed E-state index contributed by atoms with van der Waals surface area (Å²) in [5.74, 6) is 0.167. The molecule has 1 aromatic heterocycles. The lowest BCUT2D eigenvalue weighted by Gasteiger charge is -2.31. The lowest BCUT2D eigenvalue weighted by atomic mass is 10.2. The first-order chi connectivity index (χ1) is 13.2. The van der Waals surface area contributed by atoms with Crippen LogP contribution in [0.15, 0.2) is 0 Å². The van der Waals surface area contributed by atoms with Crippen LogP contribution in [0.2, 0.25) is 0 Å². The summed E-state index contributed by atoms with van der Waals surface area (Å²) in [5.41, 5.74) is 1.05. The van der Waals surface area contributed by atoms with Crippen LogP contribution in [0.5, 0.6) is 0 Å². The maximum Gasteiger partial charge on any atom is 0.321 e. The van der Waals surface area contributed by atoms with Crippen LogP contribution in [0.1, 0.15) is 36.3 Å². The van der Waals surface area contributed by atoms with Crippen molar-refractivity contribution in [3.05, 3.63) is 10.6 Å². The van der Waals surface area contributed by atoms with Gasteiger partial charge in [-0.25, -0.2) is 9.78 Å². The number of nitrogens with zero attached hydrogens (tertiary/aromatic N) is 3. The number of amides is 3. The number of ether oxygens (including phenoxy) is 1. The Kier molecular flexibility index (Phi) is 5.89. The van der Waals surface area contributed by atoms with Gasteiger partial charge in [0.1, 0.15) is 0 Å². The number of morpholine rings is 1. The number of carbonyl (C=O) groups is 2. The molecule has 4 rings (SSSR count). The van der Waals surface area contributed by atoms with Gasteiger partial charge >= 0.3 is 6.03 Å². The Bertz CT molecular complexity index is 683. The van der Waals surface area contributed by atoms with Crippen LogP contribution in [0.4, 0.5) is 9.93 Å². The molecule has 1 saturated carbocycles. The molecule has 0 radical (unpaired) electrons. The zero-order valence-corrected chi connectivity index (χ0v) is 16.4. The highest BCUT2D eigenvalue weighted by Crippen LogP contribution is 2.28. The van der Waals surface area contributed by atoms with Crippen molar-refractivity contribution in [1.29, 1.82) is 0 Å². The van der Waals surface area contributed by atoms with Gasteiger partial charge in [0.15, 0.2) is 5.13 Å². The van der Waals surface area contributed by atoms with Crippen molar-refractivity contribution in [3.63, 3.8) is 0 Å². The second-order valence-corrected chi connectivity index (χ2v) is 8.51. The average Bonchev–Trinajstić information content (AvgIpc) is 3.31. The van der Waals surface area contributed by atoms with Crippen LogP contribution in [0.3, 0.4) is 0 Å². The number of fused-ring (bicyclic) bond motifs is 1. The summed E-state index contributed by atoms with van der Waals surface area (Å²) in [6.07, 6.45) is 5.32. The minimum Gasteiger partial charge on any atom is -0.378 e. The van der Waals surface area contributed by atoms with E-state index in [-0.39, 0.29) is 11.9 Å². The SMILES string of the molecule is O=C(Nc1nc2c(s1)CN(CC(=O)N1CCOCC1)CC2)NC1CCCC1. The summed E-state index contributed by atoms with van der Waals surface area (Å²) < 4.78 is 5.31. The topological polar surface area (TPSA) is 86.8 Å². The van der Waals surface area contributed by atoms with Crippen LogP contribution < -0.4 is 10.6 Å². The van der Waals surface area contributed by atoms with Crippen LogP contribution in [-0.4, -0.2) is 72.2 Å². The average molecular weight is 394 g/mol. The van der Waals surface area contributed by atoms with Gasteiger partial charge < -0.3 is 15.0 Å². The van der Waals surface area contributed by atoms with Crippen molar-refractivity contribution < 1.29 is 14.3 Å². The van der Waals surface area contributed by atoms with Crippen molar-refractivity contribution >= 4 is 28.4 Å². The molecule has 2 fully saturated rings. The molecule has 9 heteroatoms. The number of anilines is 1. The highest BCUT2D eigenvalue weighted by molar-refractivity contribution is 7.15. The number of aromatic nitrogens is 1. The van der Waals surface area contributed by atoms with E-state index in [0.29, 0.717) is 44.0 Å². The molecule has 2 aliphatic heterocycles. The first-order valence-electron chi connectivity index (χ1n) is 9.81. The zero-order chi connectivity index (χ0) is 18.6. The molecule has 0 aromatic carbocycles. The first-order valence-corrected chi connectivity index (χ1v) is 10.6. The normalized spacial score (nSPS) is 21.1. The molecule has 3 aliphatic rings. The fraction of sp³-hybridized carbons (Fsp3) is 0.722. The van der Waals surface area contributed by atoms with Gasteiger partial charge in [0.05, 0.1) is 25.5 Å². The Balaban J connectivity index is 1.29. The smallest absolute Gasteiger partial charge is 0.321 e. The summed E-state index contributed by atoms with van der Waals surface area (Å²) in [7, 11) is 0. The number of urea groups is 1. The number of carbonyl (C=O) groups excluding carboxylic acids is 2. The standard InChI is InChI=1S/C18H27N5O3S/c24-16(23-7-9-26-10-8-23)12-22-6-5-14-15(11-22)27-18(20-14)21-17(25)19-13-3-1-2-4-13/h13H,1-12H2,(H2,19,20,21,25). The molecule has 27 heavy (non-hydrogen) atoms. The lowest BCUT2D eigenvalue weighted by molar-refractivity contribution is -0.136. The molecular formula is C18H27N5O3S. The van der Waals surface area contributed by atoms with E-state index in [9.17, 15) is 9.59 Å². The molecule has 2 N–H and O–H groups in total. The van der Waals surface area contributed by atoms with E-state index in [2.05, 4.69) is 20.5 Å². The van der Waals surface area contributed by atoms with Crippen LogP contribution in [0, 0.1) is 0 Å². The molecule has 0 spiro atoms. The van der Waals surface area contributed by atoms with Crippen molar-refractivity contribution in [1.82, 2.24) is 20.1 Å². The summed E-state index contributed by atoms with van der Waals surface area (Å²) in [6.45, 7) is 4.59. The van der Waals surface area contributed by atoms with Crippen molar-refractivity contribution in [2.45, 2.75) is 44.7 Å². The van der Waals surface area contributed by atoms with Gasteiger partial charge in [0.2, 0.25) is 5.91 Å². The van der Waals surface area contributed by atoms with Gasteiger partial charge in [-0.2, -0.15) is 0 Å². The zero-order valence-electron chi connectivity index (χ0n) is 15.5. The Morgan fingerprint density at radius 1 is 1.19 bits per heavy atom. The molecule has 3 heterocycles. The predicted octanol–water partition coefficient (Wildman–Crippen LogP) is 1.42. The third-order valence-electron chi connectivity index (χ3n) is 5.44. The maximum atomic E-state index is 12.4. The summed E-state index contributed by atoms with van der Waals surface area (Å²) in [6, 6.07) is 0.133. The minimum atomic E-state index is -0.160. The van der Waals surface area contributed by atoms with Crippen LogP contribution in [-0.2, 0) is 22.5 Å². The number of nitrogens with one attached hydrogen (secondary N) is 2. The Hall–Kier alpha value is -1.71. The monoisotopic (exact) mass is 393 g/mol. The number of thiazole rings is 1. The van der Waals surface area contributed by atoms with Crippen molar-refractivity contribution in [2.24, 2.45) is 0 Å². The largest absolute Gasteiger partial charge is 0.378 e. The van der Waals surface area contributed by atoms with Gasteiger partial charge in [0.25, 0.3) is 0 Å². The van der Waals surface area contributed by atoms with Gasteiger partial charge in [-0.15, -0.1) is 11.3 Å². The van der Waals surface area contributed by atoms with Gasteiger partial charge in [-0.1, -0.05) is 12.8 Å². The van der Waals surface area contributed by atoms with Crippen molar-refractivity contribution in [3.8, 4) is 0 Å². The third kappa shape index (κ3) is 4.77. The lowest BCUT2D eigenvalue weighted by Crippen LogP contribution is -2.46. The second kappa shape index (κ2) is 8.53. The van der Waals surface area contributed by atoms with E-state index in [4.69, 9.17) is 4.74 Å². The van der Waals surface area contributed by atoms with E-state index in [0.717, 1.165) is 42.9 Å². The van der Waals surface area contributed by atoms with Crippen molar-refractivity contribution in [2.75, 3.05) is 44.7 Å². The quantitative estimate of drug-likeness (QED) is 0.808. The molecule has 0 atom stereocenters. The molecular weight excluding hydrogens is 366 g/mol. The highest BCUT2D eigenvalue weighted by Gasteiger charge is 2.25. The van der Waals surface area contributed by atoms with E-state index in [1.54, 1.807) is 0 Å². The molecule has 1 aromatic rings. The predicted molar refractivity (Wildman–Crippen MR) is 103 cm³/mol. The van der Waals surface area contributed by atoms with Gasteiger partial charge in [0, 0.05) is 43.5 Å². The molecule has 0 unspecified atom stereocenters.